The molecule has 3 heterocycles. The molecule has 11 heteroatoms. The fourth-order valence-corrected chi connectivity index (χ4v) is 2.08. The Morgan fingerprint density at radius 3 is 2.88 bits per heavy atom. The molecule has 3 rings (SSSR count). The summed E-state index contributed by atoms with van der Waals surface area (Å²) in [6.45, 7) is -0.411. The van der Waals surface area contributed by atoms with Crippen LogP contribution in [0.25, 0.3) is 11.0 Å². The third kappa shape index (κ3) is 2.95. The van der Waals surface area contributed by atoms with E-state index in [0.29, 0.717) is 0 Å². The number of hydrogen-bond acceptors (Lipinski definition) is 5. The molecule has 0 saturated carbocycles. The smallest absolute Gasteiger partial charge is 0.323 e. The number of alkyl halides is 3. The maximum absolute atomic E-state index is 12.8. The average molecular weight is 338 g/mol. The van der Waals surface area contributed by atoms with Gasteiger partial charge in [-0.3, -0.25) is 9.59 Å². The SMILES string of the molecule is O=C(Cn1ncc2c(=O)[nH]cnc21)Nc1cccnc1C(F)(F)F. The molecule has 0 aliphatic rings. The Morgan fingerprint density at radius 1 is 1.33 bits per heavy atom. The van der Waals surface area contributed by atoms with Gasteiger partial charge < -0.3 is 10.3 Å². The monoisotopic (exact) mass is 338 g/mol. The highest BCUT2D eigenvalue weighted by molar-refractivity contribution is 5.91. The minimum atomic E-state index is -4.70. The van der Waals surface area contributed by atoms with Crippen LogP contribution in [0.3, 0.4) is 0 Å². The third-order valence-electron chi connectivity index (χ3n) is 3.08. The molecule has 8 nitrogen and oxygen atoms in total. The summed E-state index contributed by atoms with van der Waals surface area (Å²) >= 11 is 0. The predicted octanol–water partition coefficient (Wildman–Crippen LogP) is 1.17. The number of halogens is 3. The van der Waals surface area contributed by atoms with Crippen LogP contribution in [0.2, 0.25) is 0 Å². The van der Waals surface area contributed by atoms with Crippen molar-refractivity contribution < 1.29 is 18.0 Å². The topological polar surface area (TPSA) is 106 Å². The van der Waals surface area contributed by atoms with E-state index in [0.717, 1.165) is 23.3 Å². The zero-order chi connectivity index (χ0) is 17.3. The molecular weight excluding hydrogens is 329 g/mol. The number of nitrogens with one attached hydrogen (secondary N) is 2. The largest absolute Gasteiger partial charge is 0.435 e. The highest BCUT2D eigenvalue weighted by atomic mass is 19.4. The van der Waals surface area contributed by atoms with Crippen LogP contribution in [0, 0.1) is 0 Å². The normalized spacial score (nSPS) is 11.6. The molecule has 0 fully saturated rings. The maximum atomic E-state index is 12.8. The van der Waals surface area contributed by atoms with Gasteiger partial charge in [-0.1, -0.05) is 0 Å². The number of nitrogens with zero attached hydrogens (tertiary/aromatic N) is 4. The lowest BCUT2D eigenvalue weighted by atomic mass is 10.3. The van der Waals surface area contributed by atoms with E-state index < -0.39 is 35.6 Å². The lowest BCUT2D eigenvalue weighted by molar-refractivity contribution is -0.140. The molecule has 0 aromatic carbocycles. The number of pyridine rings is 1. The van der Waals surface area contributed by atoms with Crippen molar-refractivity contribution in [2.75, 3.05) is 5.32 Å². The Hall–Kier alpha value is -3.24. The lowest BCUT2D eigenvalue weighted by Crippen LogP contribution is -2.22. The van der Waals surface area contributed by atoms with Crippen LogP contribution in [0.4, 0.5) is 18.9 Å². The van der Waals surface area contributed by atoms with Gasteiger partial charge in [0, 0.05) is 6.20 Å². The van der Waals surface area contributed by atoms with Gasteiger partial charge in [-0.05, 0) is 12.1 Å². The standard InChI is InChI=1S/C13H9F3N6O2/c14-13(15,16)10-8(2-1-3-17-10)21-9(23)5-22-11-7(4-20-22)12(24)19-6-18-11/h1-4,6H,5H2,(H,21,23)(H,18,19,24). The van der Waals surface area contributed by atoms with Gasteiger partial charge in [0.2, 0.25) is 5.91 Å². The molecule has 0 spiro atoms. The van der Waals surface area contributed by atoms with Gasteiger partial charge in [-0.15, -0.1) is 0 Å². The summed E-state index contributed by atoms with van der Waals surface area (Å²) < 4.78 is 39.7. The average Bonchev–Trinajstić information content (AvgIpc) is 2.91. The van der Waals surface area contributed by atoms with Crippen LogP contribution in [0.1, 0.15) is 5.69 Å². The number of anilines is 1. The van der Waals surface area contributed by atoms with Crippen molar-refractivity contribution in [3.05, 3.63) is 46.9 Å². The molecule has 124 valence electrons. The van der Waals surface area contributed by atoms with Crippen LogP contribution >= 0.6 is 0 Å². The van der Waals surface area contributed by atoms with E-state index in [1.165, 1.54) is 12.3 Å². The second-order valence-electron chi connectivity index (χ2n) is 4.72. The van der Waals surface area contributed by atoms with Gasteiger partial charge in [0.25, 0.3) is 5.56 Å². The van der Waals surface area contributed by atoms with Crippen LogP contribution in [-0.2, 0) is 17.5 Å². The first-order valence-corrected chi connectivity index (χ1v) is 6.57. The van der Waals surface area contributed by atoms with Crippen molar-refractivity contribution >= 4 is 22.6 Å². The van der Waals surface area contributed by atoms with Crippen molar-refractivity contribution in [3.8, 4) is 0 Å². The summed E-state index contributed by atoms with van der Waals surface area (Å²) in [4.78, 5) is 33.0. The predicted molar refractivity (Wildman–Crippen MR) is 76.0 cm³/mol. The first-order valence-electron chi connectivity index (χ1n) is 6.57. The summed E-state index contributed by atoms with van der Waals surface area (Å²) in [6, 6.07) is 2.37. The van der Waals surface area contributed by atoms with E-state index in [1.807, 2.05) is 0 Å². The number of aromatic nitrogens is 5. The molecule has 0 radical (unpaired) electrons. The Kier molecular flexibility index (Phi) is 3.75. The molecule has 0 atom stereocenters. The van der Waals surface area contributed by atoms with Gasteiger partial charge in [0.15, 0.2) is 11.3 Å². The highest BCUT2D eigenvalue weighted by Gasteiger charge is 2.35. The molecule has 24 heavy (non-hydrogen) atoms. The molecule has 0 bridgehead atoms. The van der Waals surface area contributed by atoms with Crippen molar-refractivity contribution in [1.82, 2.24) is 24.7 Å². The van der Waals surface area contributed by atoms with Gasteiger partial charge in [0.1, 0.15) is 11.9 Å². The molecule has 0 saturated heterocycles. The Labute approximate surface area is 131 Å². The minimum absolute atomic E-state index is 0.149. The molecule has 3 aromatic heterocycles. The quantitative estimate of drug-likeness (QED) is 0.746. The number of H-pyrrole nitrogens is 1. The molecule has 0 aliphatic heterocycles. The molecule has 2 N–H and O–H groups in total. The van der Waals surface area contributed by atoms with Gasteiger partial charge in [0.05, 0.1) is 18.2 Å². The molecule has 1 amide bonds. The zero-order valence-corrected chi connectivity index (χ0v) is 11.8. The zero-order valence-electron chi connectivity index (χ0n) is 11.8. The fourth-order valence-electron chi connectivity index (χ4n) is 2.08. The molecule has 3 aromatic rings. The number of carbonyl (C=O) groups excluding carboxylic acids is 1. The molecule has 0 aliphatic carbocycles. The Morgan fingerprint density at radius 2 is 2.12 bits per heavy atom. The molecular formula is C13H9F3N6O2. The van der Waals surface area contributed by atoms with Crippen molar-refractivity contribution in [2.24, 2.45) is 0 Å². The summed E-state index contributed by atoms with van der Waals surface area (Å²) in [5.74, 6) is -0.763. The maximum Gasteiger partial charge on any atom is 0.435 e. The fraction of sp³-hybridized carbons (Fsp3) is 0.154. The van der Waals surface area contributed by atoms with E-state index in [4.69, 9.17) is 0 Å². The lowest BCUT2D eigenvalue weighted by Gasteiger charge is -2.12. The van der Waals surface area contributed by atoms with Gasteiger partial charge in [-0.2, -0.15) is 18.3 Å². The summed E-state index contributed by atoms with van der Waals surface area (Å²) in [7, 11) is 0. The van der Waals surface area contributed by atoms with Gasteiger partial charge >= 0.3 is 6.18 Å². The first-order chi connectivity index (χ1) is 11.4. The number of rotatable bonds is 3. The van der Waals surface area contributed by atoms with Crippen molar-refractivity contribution in [3.63, 3.8) is 0 Å². The first kappa shape index (κ1) is 15.6. The number of amides is 1. The number of carbonyl (C=O) groups is 1. The van der Waals surface area contributed by atoms with E-state index in [2.05, 4.69) is 25.4 Å². The van der Waals surface area contributed by atoms with E-state index >= 15 is 0 Å². The Balaban J connectivity index is 1.84. The molecule has 0 unspecified atom stereocenters. The summed E-state index contributed by atoms with van der Waals surface area (Å²) in [5, 5.41) is 6.15. The summed E-state index contributed by atoms with van der Waals surface area (Å²) in [5.41, 5.74) is -1.94. The second-order valence-corrected chi connectivity index (χ2v) is 4.72. The van der Waals surface area contributed by atoms with Gasteiger partial charge in [-0.25, -0.2) is 14.6 Å². The number of hydrogen-bond donors (Lipinski definition) is 2. The second kappa shape index (κ2) is 5.76. The van der Waals surface area contributed by atoms with E-state index in [9.17, 15) is 22.8 Å². The van der Waals surface area contributed by atoms with Crippen LogP contribution in [0.15, 0.2) is 35.6 Å². The number of aromatic amines is 1. The van der Waals surface area contributed by atoms with Crippen molar-refractivity contribution in [1.29, 1.82) is 0 Å². The van der Waals surface area contributed by atoms with E-state index in [-0.39, 0.29) is 11.0 Å². The number of fused-ring (bicyclic) bond motifs is 1. The van der Waals surface area contributed by atoms with Crippen molar-refractivity contribution in [2.45, 2.75) is 12.7 Å². The Bertz CT molecular complexity index is 962. The van der Waals surface area contributed by atoms with Crippen LogP contribution in [0.5, 0.6) is 0 Å². The summed E-state index contributed by atoms with van der Waals surface area (Å²) in [6.07, 6.45) is -1.35. The van der Waals surface area contributed by atoms with E-state index in [1.54, 1.807) is 0 Å². The van der Waals surface area contributed by atoms with Crippen LogP contribution < -0.4 is 10.9 Å². The third-order valence-corrected chi connectivity index (χ3v) is 3.08. The minimum Gasteiger partial charge on any atom is -0.323 e. The van der Waals surface area contributed by atoms with Crippen LogP contribution in [-0.4, -0.2) is 30.6 Å². The highest BCUT2D eigenvalue weighted by Crippen LogP contribution is 2.32.